The summed E-state index contributed by atoms with van der Waals surface area (Å²) < 4.78 is 0. The predicted octanol–water partition coefficient (Wildman–Crippen LogP) is 3.07. The Balaban J connectivity index is 3.50. The Hall–Kier alpha value is -0.303. The number of rotatable bonds is 3. The van der Waals surface area contributed by atoms with Crippen LogP contribution >= 0.6 is 0 Å². The predicted molar refractivity (Wildman–Crippen MR) is 47.5 cm³/mol. The first-order chi connectivity index (χ1) is 4.06. The van der Waals surface area contributed by atoms with Crippen LogP contribution in [-0.4, -0.2) is 8.07 Å². The molecule has 0 atom stereocenters. The molecule has 0 rings (SSSR count). The average molecular weight is 140 g/mol. The summed E-state index contributed by atoms with van der Waals surface area (Å²) in [4.78, 5) is 0. The van der Waals surface area contributed by atoms with Gasteiger partial charge in [-0.1, -0.05) is 44.4 Å². The molecule has 0 radical (unpaired) electrons. The summed E-state index contributed by atoms with van der Waals surface area (Å²) in [6.45, 7) is 10.7. The maximum absolute atomic E-state index is 3.61. The Labute approximate surface area is 59.3 Å². The van der Waals surface area contributed by atoms with Gasteiger partial charge in [0.15, 0.2) is 0 Å². The van der Waals surface area contributed by atoms with Crippen LogP contribution in [0.3, 0.4) is 0 Å². The van der Waals surface area contributed by atoms with Crippen molar-refractivity contribution in [2.24, 2.45) is 0 Å². The van der Waals surface area contributed by atoms with Gasteiger partial charge in [0.25, 0.3) is 0 Å². The Morgan fingerprint density at radius 1 is 1.33 bits per heavy atom. The van der Waals surface area contributed by atoms with E-state index < -0.39 is 8.07 Å². The number of hydrogen-bond acceptors (Lipinski definition) is 0. The lowest BCUT2D eigenvalue weighted by Gasteiger charge is -2.10. The van der Waals surface area contributed by atoms with Crippen LogP contribution in [0.4, 0.5) is 0 Å². The molecule has 0 aromatic rings. The fourth-order valence-corrected chi connectivity index (χ4v) is 1.36. The molecule has 0 aromatic heterocycles. The highest BCUT2D eigenvalue weighted by Crippen LogP contribution is 2.07. The van der Waals surface area contributed by atoms with E-state index in [1.54, 1.807) is 0 Å². The molecule has 0 nitrogen and oxygen atoms in total. The summed E-state index contributed by atoms with van der Waals surface area (Å²) >= 11 is 0. The Bertz CT molecular complexity index is 106. The smallest absolute Gasteiger partial charge is 0.0480 e. The quantitative estimate of drug-likeness (QED) is 0.417. The second-order valence-electron chi connectivity index (χ2n) is 3.43. The summed E-state index contributed by atoms with van der Waals surface area (Å²) in [5.41, 5.74) is 0. The first-order valence-corrected chi connectivity index (χ1v) is 7.04. The van der Waals surface area contributed by atoms with Crippen molar-refractivity contribution in [2.75, 3.05) is 0 Å². The number of allylic oxidation sites excluding steroid dienone is 3. The van der Waals surface area contributed by atoms with Crippen LogP contribution in [0.5, 0.6) is 0 Å². The zero-order valence-corrected chi connectivity index (χ0v) is 7.65. The summed E-state index contributed by atoms with van der Waals surface area (Å²) in [5, 5.41) is 0. The van der Waals surface area contributed by atoms with Gasteiger partial charge in [-0.3, -0.25) is 0 Å². The highest BCUT2D eigenvalue weighted by atomic mass is 28.3. The SMILES string of the molecule is C=CC=CC[Si](C)(C)C. The first-order valence-electron chi connectivity index (χ1n) is 3.34. The Morgan fingerprint density at radius 3 is 2.22 bits per heavy atom. The van der Waals surface area contributed by atoms with Crippen LogP contribution in [-0.2, 0) is 0 Å². The van der Waals surface area contributed by atoms with Crippen molar-refractivity contribution < 1.29 is 0 Å². The molecule has 0 heterocycles. The van der Waals surface area contributed by atoms with Crippen LogP contribution < -0.4 is 0 Å². The minimum atomic E-state index is -0.829. The van der Waals surface area contributed by atoms with E-state index in [1.165, 1.54) is 6.04 Å². The van der Waals surface area contributed by atoms with Gasteiger partial charge in [0.2, 0.25) is 0 Å². The van der Waals surface area contributed by atoms with Crippen molar-refractivity contribution in [3.8, 4) is 0 Å². The van der Waals surface area contributed by atoms with E-state index in [-0.39, 0.29) is 0 Å². The molecule has 52 valence electrons. The van der Waals surface area contributed by atoms with Gasteiger partial charge in [-0.15, -0.1) is 0 Å². The van der Waals surface area contributed by atoms with Crippen LogP contribution in [0.15, 0.2) is 24.8 Å². The molecule has 0 aliphatic heterocycles. The van der Waals surface area contributed by atoms with Crippen molar-refractivity contribution in [1.82, 2.24) is 0 Å². The second kappa shape index (κ2) is 3.67. The van der Waals surface area contributed by atoms with E-state index in [2.05, 4.69) is 32.3 Å². The highest BCUT2D eigenvalue weighted by Gasteiger charge is 2.08. The van der Waals surface area contributed by atoms with Gasteiger partial charge in [0.1, 0.15) is 0 Å². The van der Waals surface area contributed by atoms with Crippen LogP contribution in [0.25, 0.3) is 0 Å². The van der Waals surface area contributed by atoms with Gasteiger partial charge in [-0.05, 0) is 6.04 Å². The van der Waals surface area contributed by atoms with Gasteiger partial charge < -0.3 is 0 Å². The van der Waals surface area contributed by atoms with E-state index in [0.717, 1.165) is 0 Å². The van der Waals surface area contributed by atoms with E-state index in [4.69, 9.17) is 0 Å². The lowest BCUT2D eigenvalue weighted by molar-refractivity contribution is 1.51. The lowest BCUT2D eigenvalue weighted by Crippen LogP contribution is -2.17. The van der Waals surface area contributed by atoms with Gasteiger partial charge in [-0.25, -0.2) is 0 Å². The topological polar surface area (TPSA) is 0 Å². The Kier molecular flexibility index (Phi) is 3.55. The normalized spacial score (nSPS) is 12.3. The molecular formula is C8H16Si. The van der Waals surface area contributed by atoms with Gasteiger partial charge in [-0.2, -0.15) is 0 Å². The molecule has 9 heavy (non-hydrogen) atoms. The molecule has 0 spiro atoms. The molecule has 0 aromatic carbocycles. The summed E-state index contributed by atoms with van der Waals surface area (Å²) in [6.07, 6.45) is 6.07. The minimum absolute atomic E-state index is 0.829. The molecule has 0 unspecified atom stereocenters. The second-order valence-corrected chi connectivity index (χ2v) is 8.96. The van der Waals surface area contributed by atoms with Crippen molar-refractivity contribution >= 4 is 8.07 Å². The molecule has 0 bridgehead atoms. The lowest BCUT2D eigenvalue weighted by atomic mass is 10.5. The summed E-state index contributed by atoms with van der Waals surface area (Å²) in [6, 6.07) is 1.26. The Morgan fingerprint density at radius 2 is 1.89 bits per heavy atom. The van der Waals surface area contributed by atoms with Crippen LogP contribution in [0.2, 0.25) is 25.7 Å². The van der Waals surface area contributed by atoms with E-state index in [0.29, 0.717) is 0 Å². The van der Waals surface area contributed by atoms with E-state index in [9.17, 15) is 0 Å². The summed E-state index contributed by atoms with van der Waals surface area (Å²) in [7, 11) is -0.829. The van der Waals surface area contributed by atoms with Gasteiger partial charge in [0.05, 0.1) is 0 Å². The molecule has 0 amide bonds. The van der Waals surface area contributed by atoms with Crippen molar-refractivity contribution in [3.63, 3.8) is 0 Å². The largest absolute Gasteiger partial charge is 0.0991 e. The third-order valence-electron chi connectivity index (χ3n) is 1.00. The van der Waals surface area contributed by atoms with Gasteiger partial charge >= 0.3 is 0 Å². The van der Waals surface area contributed by atoms with Crippen molar-refractivity contribution in [1.29, 1.82) is 0 Å². The summed E-state index contributed by atoms with van der Waals surface area (Å²) in [5.74, 6) is 0. The molecular weight excluding hydrogens is 124 g/mol. The van der Waals surface area contributed by atoms with E-state index in [1.807, 2.05) is 12.2 Å². The third kappa shape index (κ3) is 7.70. The first kappa shape index (κ1) is 8.70. The highest BCUT2D eigenvalue weighted by molar-refractivity contribution is 6.76. The standard InChI is InChI=1S/C8H16Si/c1-5-6-7-8-9(2,3)4/h5-7H,1,8H2,2-4H3. The molecule has 0 aliphatic rings. The fourth-order valence-electron chi connectivity index (χ4n) is 0.518. The molecule has 0 N–H and O–H groups in total. The molecule has 1 heteroatoms. The molecule has 0 saturated heterocycles. The van der Waals surface area contributed by atoms with Crippen molar-refractivity contribution in [3.05, 3.63) is 24.8 Å². The minimum Gasteiger partial charge on any atom is -0.0991 e. The number of hydrogen-bond donors (Lipinski definition) is 0. The zero-order chi connectivity index (χ0) is 7.33. The average Bonchev–Trinajstić information content (AvgIpc) is 1.63. The maximum Gasteiger partial charge on any atom is 0.0480 e. The molecule has 0 aliphatic carbocycles. The fraction of sp³-hybridized carbons (Fsp3) is 0.500. The van der Waals surface area contributed by atoms with Crippen LogP contribution in [0.1, 0.15) is 0 Å². The van der Waals surface area contributed by atoms with Crippen LogP contribution in [0, 0.1) is 0 Å². The van der Waals surface area contributed by atoms with Crippen molar-refractivity contribution in [2.45, 2.75) is 25.7 Å². The third-order valence-corrected chi connectivity index (χ3v) is 2.46. The monoisotopic (exact) mass is 140 g/mol. The van der Waals surface area contributed by atoms with E-state index >= 15 is 0 Å². The maximum atomic E-state index is 3.61. The zero-order valence-electron chi connectivity index (χ0n) is 6.65. The molecule has 0 saturated carbocycles. The molecule has 0 fully saturated rings. The van der Waals surface area contributed by atoms with Gasteiger partial charge in [0, 0.05) is 8.07 Å².